The van der Waals surface area contributed by atoms with Gasteiger partial charge in [-0.2, -0.15) is 5.26 Å². The topological polar surface area (TPSA) is 48.7 Å². The normalized spacial score (nSPS) is 13.3. The van der Waals surface area contributed by atoms with Crippen molar-refractivity contribution in [2.24, 2.45) is 5.92 Å². The number of halogens is 1. The summed E-state index contributed by atoms with van der Waals surface area (Å²) in [6.45, 7) is 1.84. The summed E-state index contributed by atoms with van der Waals surface area (Å²) in [5, 5.41) is 12.4. The number of benzene rings is 1. The summed E-state index contributed by atoms with van der Waals surface area (Å²) in [4.78, 5) is 4.07. The molecule has 2 rings (SSSR count). The van der Waals surface area contributed by atoms with Crippen molar-refractivity contribution in [1.29, 1.82) is 5.26 Å². The third kappa shape index (κ3) is 3.29. The number of rotatable bonds is 4. The van der Waals surface area contributed by atoms with Crippen LogP contribution in [0.15, 0.2) is 48.8 Å². The lowest BCUT2D eigenvalue weighted by Crippen LogP contribution is -2.18. The van der Waals surface area contributed by atoms with Crippen LogP contribution >= 0.6 is 0 Å². The van der Waals surface area contributed by atoms with Gasteiger partial charge in [-0.05, 0) is 42.8 Å². The summed E-state index contributed by atoms with van der Waals surface area (Å²) < 4.78 is 12.9. The van der Waals surface area contributed by atoms with E-state index < -0.39 is 0 Å². The molecule has 0 saturated heterocycles. The van der Waals surface area contributed by atoms with Gasteiger partial charge in [-0.3, -0.25) is 4.98 Å². The number of aromatic nitrogens is 1. The Bertz CT molecular complexity index is 560. The molecule has 0 amide bonds. The number of nitriles is 1. The van der Waals surface area contributed by atoms with Gasteiger partial charge in [0.25, 0.3) is 0 Å². The maximum atomic E-state index is 12.9. The van der Waals surface area contributed by atoms with Crippen LogP contribution in [-0.2, 0) is 0 Å². The fraction of sp³-hybridized carbons (Fsp3) is 0.200. The summed E-state index contributed by atoms with van der Waals surface area (Å²) in [7, 11) is 0. The van der Waals surface area contributed by atoms with E-state index in [-0.39, 0.29) is 17.8 Å². The molecule has 2 unspecified atom stereocenters. The molecule has 4 heteroatoms. The van der Waals surface area contributed by atoms with E-state index in [1.54, 1.807) is 24.5 Å². The van der Waals surface area contributed by atoms with Gasteiger partial charge in [-0.1, -0.05) is 6.07 Å². The molecule has 0 aliphatic rings. The molecule has 0 aliphatic heterocycles. The minimum absolute atomic E-state index is 0.177. The number of anilines is 1. The highest BCUT2D eigenvalue weighted by Gasteiger charge is 2.19. The molecular formula is C15H14FN3. The number of hydrogen-bond donors (Lipinski definition) is 1. The van der Waals surface area contributed by atoms with Gasteiger partial charge >= 0.3 is 0 Å². The standard InChI is InChI=1S/C15H14FN3/c1-11(9-17)15(12-3-2-8-18-10-12)19-14-6-4-13(16)5-7-14/h2-8,10-11,15,19H,1H3. The Balaban J connectivity index is 2.25. The Morgan fingerprint density at radius 3 is 2.58 bits per heavy atom. The van der Waals surface area contributed by atoms with Crippen LogP contribution in [-0.4, -0.2) is 4.98 Å². The van der Waals surface area contributed by atoms with Crippen LogP contribution in [0.4, 0.5) is 10.1 Å². The molecule has 1 aromatic carbocycles. The fourth-order valence-electron chi connectivity index (χ4n) is 1.86. The summed E-state index contributed by atoms with van der Waals surface area (Å²) in [6, 6.07) is 11.9. The minimum atomic E-state index is -0.281. The third-order valence-corrected chi connectivity index (χ3v) is 2.91. The molecule has 96 valence electrons. The average Bonchev–Trinajstić information content (AvgIpc) is 2.47. The predicted molar refractivity (Wildman–Crippen MR) is 71.8 cm³/mol. The van der Waals surface area contributed by atoms with Gasteiger partial charge in [-0.15, -0.1) is 0 Å². The molecule has 1 N–H and O–H groups in total. The molecule has 0 bridgehead atoms. The Morgan fingerprint density at radius 2 is 2.00 bits per heavy atom. The molecular weight excluding hydrogens is 241 g/mol. The molecule has 0 fully saturated rings. The van der Waals surface area contributed by atoms with Crippen LogP contribution in [0, 0.1) is 23.1 Å². The monoisotopic (exact) mass is 255 g/mol. The average molecular weight is 255 g/mol. The summed E-state index contributed by atoms with van der Waals surface area (Å²) in [6.07, 6.45) is 3.42. The Kier molecular flexibility index (Phi) is 4.09. The van der Waals surface area contributed by atoms with Crippen molar-refractivity contribution in [2.75, 3.05) is 5.32 Å². The van der Waals surface area contributed by atoms with Gasteiger partial charge in [0.2, 0.25) is 0 Å². The van der Waals surface area contributed by atoms with Crippen molar-refractivity contribution in [3.63, 3.8) is 0 Å². The first-order valence-electron chi connectivity index (χ1n) is 6.02. The van der Waals surface area contributed by atoms with E-state index in [4.69, 9.17) is 5.26 Å². The molecule has 0 aliphatic carbocycles. The second-order valence-electron chi connectivity index (χ2n) is 4.33. The van der Waals surface area contributed by atoms with Gasteiger partial charge in [0.15, 0.2) is 0 Å². The molecule has 0 saturated carbocycles. The first kappa shape index (κ1) is 13.0. The third-order valence-electron chi connectivity index (χ3n) is 2.91. The lowest BCUT2D eigenvalue weighted by molar-refractivity contribution is 0.612. The van der Waals surface area contributed by atoms with Gasteiger partial charge in [-0.25, -0.2) is 4.39 Å². The number of nitrogens with zero attached hydrogens (tertiary/aromatic N) is 2. The lowest BCUT2D eigenvalue weighted by atomic mass is 9.96. The summed E-state index contributed by atoms with van der Waals surface area (Å²) in [5.74, 6) is -0.508. The molecule has 0 radical (unpaired) electrons. The van der Waals surface area contributed by atoms with Gasteiger partial charge in [0, 0.05) is 18.1 Å². The molecule has 19 heavy (non-hydrogen) atoms. The van der Waals surface area contributed by atoms with Crippen molar-refractivity contribution < 1.29 is 4.39 Å². The van der Waals surface area contributed by atoms with Crippen molar-refractivity contribution in [1.82, 2.24) is 4.98 Å². The van der Waals surface area contributed by atoms with E-state index in [2.05, 4.69) is 16.4 Å². The van der Waals surface area contributed by atoms with E-state index in [0.29, 0.717) is 0 Å². The number of nitrogens with one attached hydrogen (secondary N) is 1. The van der Waals surface area contributed by atoms with Crippen LogP contribution in [0.1, 0.15) is 18.5 Å². The predicted octanol–water partition coefficient (Wildman–Crippen LogP) is 3.53. The van der Waals surface area contributed by atoms with Gasteiger partial charge in [0.05, 0.1) is 18.0 Å². The maximum Gasteiger partial charge on any atom is 0.123 e. The molecule has 2 aromatic rings. The first-order chi connectivity index (χ1) is 9.20. The van der Waals surface area contributed by atoms with Crippen molar-refractivity contribution >= 4 is 5.69 Å². The zero-order valence-corrected chi connectivity index (χ0v) is 10.5. The van der Waals surface area contributed by atoms with E-state index in [0.717, 1.165) is 11.3 Å². The van der Waals surface area contributed by atoms with Crippen LogP contribution < -0.4 is 5.32 Å². The molecule has 3 nitrogen and oxygen atoms in total. The summed E-state index contributed by atoms with van der Waals surface area (Å²) in [5.41, 5.74) is 1.71. The molecule has 2 atom stereocenters. The quantitative estimate of drug-likeness (QED) is 0.909. The lowest BCUT2D eigenvalue weighted by Gasteiger charge is -2.22. The highest BCUT2D eigenvalue weighted by molar-refractivity contribution is 5.45. The van der Waals surface area contributed by atoms with Crippen LogP contribution in [0.5, 0.6) is 0 Å². The zero-order valence-electron chi connectivity index (χ0n) is 10.5. The van der Waals surface area contributed by atoms with Crippen molar-refractivity contribution in [2.45, 2.75) is 13.0 Å². The highest BCUT2D eigenvalue weighted by Crippen LogP contribution is 2.25. The smallest absolute Gasteiger partial charge is 0.123 e. The van der Waals surface area contributed by atoms with Crippen molar-refractivity contribution in [3.05, 3.63) is 60.2 Å². The van der Waals surface area contributed by atoms with Crippen LogP contribution in [0.25, 0.3) is 0 Å². The maximum absolute atomic E-state index is 12.9. The second-order valence-corrected chi connectivity index (χ2v) is 4.33. The van der Waals surface area contributed by atoms with Crippen molar-refractivity contribution in [3.8, 4) is 6.07 Å². The number of hydrogen-bond acceptors (Lipinski definition) is 3. The van der Waals surface area contributed by atoms with Crippen LogP contribution in [0.3, 0.4) is 0 Å². The highest BCUT2D eigenvalue weighted by atomic mass is 19.1. The first-order valence-corrected chi connectivity index (χ1v) is 6.02. The van der Waals surface area contributed by atoms with Gasteiger partial charge < -0.3 is 5.32 Å². The Hall–Kier alpha value is -2.41. The second kappa shape index (κ2) is 5.96. The van der Waals surface area contributed by atoms with Crippen LogP contribution in [0.2, 0.25) is 0 Å². The van der Waals surface area contributed by atoms with E-state index in [9.17, 15) is 4.39 Å². The largest absolute Gasteiger partial charge is 0.377 e. The van der Waals surface area contributed by atoms with E-state index in [1.807, 2.05) is 19.1 Å². The molecule has 0 spiro atoms. The minimum Gasteiger partial charge on any atom is -0.377 e. The molecule has 1 heterocycles. The fourth-order valence-corrected chi connectivity index (χ4v) is 1.86. The number of pyridine rings is 1. The Morgan fingerprint density at radius 1 is 1.26 bits per heavy atom. The Labute approximate surface area is 111 Å². The SMILES string of the molecule is CC(C#N)C(Nc1ccc(F)cc1)c1cccnc1. The zero-order chi connectivity index (χ0) is 13.7. The van der Waals surface area contributed by atoms with E-state index >= 15 is 0 Å². The van der Waals surface area contributed by atoms with E-state index in [1.165, 1.54) is 12.1 Å². The molecule has 1 aromatic heterocycles. The summed E-state index contributed by atoms with van der Waals surface area (Å²) >= 11 is 0. The van der Waals surface area contributed by atoms with Gasteiger partial charge in [0.1, 0.15) is 5.82 Å².